The number of benzene rings is 1. The second-order valence-electron chi connectivity index (χ2n) is 5.54. The first-order chi connectivity index (χ1) is 11.8. The number of hydrogen-bond acceptors (Lipinski definition) is 5. The Balaban J connectivity index is 1.68. The van der Waals surface area contributed by atoms with E-state index in [1.165, 1.54) is 5.69 Å². The van der Waals surface area contributed by atoms with E-state index in [4.69, 9.17) is 21.3 Å². The summed E-state index contributed by atoms with van der Waals surface area (Å²) in [5.74, 6) is 0. The van der Waals surface area contributed by atoms with Gasteiger partial charge >= 0.3 is 0 Å². The molecule has 1 aliphatic rings. The lowest BCUT2D eigenvalue weighted by molar-refractivity contribution is 0.123. The van der Waals surface area contributed by atoms with Crippen LogP contribution in [0.4, 0.5) is 5.69 Å². The first kappa shape index (κ1) is 15.6. The van der Waals surface area contributed by atoms with E-state index in [-0.39, 0.29) is 0 Å². The Hall–Kier alpha value is -1.95. The van der Waals surface area contributed by atoms with Crippen LogP contribution in [0.25, 0.3) is 21.8 Å². The summed E-state index contributed by atoms with van der Waals surface area (Å²) < 4.78 is 5.46. The van der Waals surface area contributed by atoms with Gasteiger partial charge in [0.25, 0.3) is 0 Å². The summed E-state index contributed by atoms with van der Waals surface area (Å²) >= 11 is 7.60. The van der Waals surface area contributed by atoms with Crippen LogP contribution in [0.1, 0.15) is 0 Å². The predicted molar refractivity (Wildman–Crippen MR) is 98.8 cm³/mol. The Kier molecular flexibility index (Phi) is 4.47. The molecular weight excluding hydrogens is 342 g/mol. The van der Waals surface area contributed by atoms with Crippen LogP contribution in [0.15, 0.2) is 48.1 Å². The Morgan fingerprint density at radius 1 is 1.08 bits per heavy atom. The monoisotopic (exact) mass is 357 g/mol. The van der Waals surface area contributed by atoms with Crippen LogP contribution in [0, 0.1) is 0 Å². The molecule has 4 nitrogen and oxygen atoms in total. The number of nitrogens with zero attached hydrogens (tertiary/aromatic N) is 3. The molecule has 3 heterocycles. The van der Waals surface area contributed by atoms with Gasteiger partial charge < -0.3 is 9.64 Å². The van der Waals surface area contributed by atoms with E-state index >= 15 is 0 Å². The number of thiazole rings is 1. The number of anilines is 1. The topological polar surface area (TPSA) is 38.2 Å². The molecule has 6 heteroatoms. The minimum atomic E-state index is 0.732. The average Bonchev–Trinajstić information content (AvgIpc) is 3.13. The summed E-state index contributed by atoms with van der Waals surface area (Å²) in [6.07, 6.45) is 3.73. The number of halogens is 1. The fraction of sp³-hybridized carbons (Fsp3) is 0.222. The zero-order chi connectivity index (χ0) is 16.4. The third-order valence-corrected chi connectivity index (χ3v) is 5.15. The zero-order valence-corrected chi connectivity index (χ0v) is 14.6. The van der Waals surface area contributed by atoms with Crippen LogP contribution in [0.3, 0.4) is 0 Å². The van der Waals surface area contributed by atoms with E-state index in [2.05, 4.69) is 21.3 Å². The molecule has 3 aromatic rings. The molecule has 4 rings (SSSR count). The fourth-order valence-corrected chi connectivity index (χ4v) is 3.76. The summed E-state index contributed by atoms with van der Waals surface area (Å²) in [4.78, 5) is 11.5. The molecule has 0 saturated carbocycles. The van der Waals surface area contributed by atoms with Crippen molar-refractivity contribution in [1.29, 1.82) is 0 Å². The van der Waals surface area contributed by atoms with Gasteiger partial charge in [-0.25, -0.2) is 4.98 Å². The molecule has 1 saturated heterocycles. The number of aromatic nitrogens is 2. The van der Waals surface area contributed by atoms with Crippen molar-refractivity contribution in [3.8, 4) is 21.8 Å². The third kappa shape index (κ3) is 3.15. The van der Waals surface area contributed by atoms with E-state index in [9.17, 15) is 0 Å². The number of pyridine rings is 1. The van der Waals surface area contributed by atoms with E-state index in [0.29, 0.717) is 0 Å². The molecule has 122 valence electrons. The fourth-order valence-electron chi connectivity index (χ4n) is 2.78. The van der Waals surface area contributed by atoms with Gasteiger partial charge in [-0.3, -0.25) is 4.98 Å². The van der Waals surface area contributed by atoms with Gasteiger partial charge in [-0.05, 0) is 18.2 Å². The summed E-state index contributed by atoms with van der Waals surface area (Å²) in [6, 6.07) is 9.82. The van der Waals surface area contributed by atoms with Crippen molar-refractivity contribution in [2.75, 3.05) is 31.2 Å². The summed E-state index contributed by atoms with van der Waals surface area (Å²) in [7, 11) is 0. The van der Waals surface area contributed by atoms with Crippen molar-refractivity contribution < 1.29 is 4.74 Å². The van der Waals surface area contributed by atoms with Crippen LogP contribution in [0.2, 0.25) is 5.02 Å². The van der Waals surface area contributed by atoms with Gasteiger partial charge in [0.15, 0.2) is 0 Å². The van der Waals surface area contributed by atoms with Crippen molar-refractivity contribution in [1.82, 2.24) is 9.97 Å². The minimum absolute atomic E-state index is 0.732. The Labute approximate surface area is 149 Å². The minimum Gasteiger partial charge on any atom is -0.378 e. The molecule has 0 N–H and O–H groups in total. The Morgan fingerprint density at radius 2 is 1.88 bits per heavy atom. The van der Waals surface area contributed by atoms with Crippen LogP contribution < -0.4 is 4.90 Å². The van der Waals surface area contributed by atoms with E-state index in [1.54, 1.807) is 11.3 Å². The maximum atomic E-state index is 5.97. The molecule has 24 heavy (non-hydrogen) atoms. The van der Waals surface area contributed by atoms with Crippen LogP contribution in [0.5, 0.6) is 0 Å². The highest BCUT2D eigenvalue weighted by Crippen LogP contribution is 2.35. The van der Waals surface area contributed by atoms with Crippen molar-refractivity contribution >= 4 is 28.6 Å². The van der Waals surface area contributed by atoms with E-state index in [1.807, 2.05) is 36.7 Å². The number of morpholine rings is 1. The lowest BCUT2D eigenvalue weighted by atomic mass is 10.2. The molecule has 0 atom stereocenters. The van der Waals surface area contributed by atoms with Crippen molar-refractivity contribution in [2.45, 2.75) is 0 Å². The van der Waals surface area contributed by atoms with Gasteiger partial charge in [-0.15, -0.1) is 11.3 Å². The normalized spacial score (nSPS) is 14.8. The Bertz CT molecular complexity index is 828. The second-order valence-corrected chi connectivity index (χ2v) is 6.83. The van der Waals surface area contributed by atoms with Gasteiger partial charge in [0.05, 0.1) is 30.2 Å². The van der Waals surface area contributed by atoms with Crippen LogP contribution >= 0.6 is 22.9 Å². The third-order valence-electron chi connectivity index (χ3n) is 4.02. The highest BCUT2D eigenvalue weighted by atomic mass is 35.5. The molecule has 1 fully saturated rings. The van der Waals surface area contributed by atoms with E-state index in [0.717, 1.165) is 53.2 Å². The molecule has 0 radical (unpaired) electrons. The molecule has 0 bridgehead atoms. The highest BCUT2D eigenvalue weighted by molar-refractivity contribution is 7.13. The Morgan fingerprint density at radius 3 is 2.67 bits per heavy atom. The molecule has 1 aromatic carbocycles. The molecule has 0 amide bonds. The van der Waals surface area contributed by atoms with E-state index < -0.39 is 0 Å². The summed E-state index contributed by atoms with van der Waals surface area (Å²) in [6.45, 7) is 3.31. The summed E-state index contributed by atoms with van der Waals surface area (Å²) in [5.41, 5.74) is 4.28. The van der Waals surface area contributed by atoms with Crippen LogP contribution in [-0.2, 0) is 4.74 Å². The van der Waals surface area contributed by atoms with Crippen molar-refractivity contribution in [3.63, 3.8) is 0 Å². The van der Waals surface area contributed by atoms with Gasteiger partial charge in [-0.1, -0.05) is 23.7 Å². The lowest BCUT2D eigenvalue weighted by Gasteiger charge is -2.30. The molecule has 0 unspecified atom stereocenters. The van der Waals surface area contributed by atoms with Gasteiger partial charge in [0.2, 0.25) is 0 Å². The van der Waals surface area contributed by atoms with Crippen molar-refractivity contribution in [2.24, 2.45) is 0 Å². The zero-order valence-electron chi connectivity index (χ0n) is 13.0. The highest BCUT2D eigenvalue weighted by Gasteiger charge is 2.17. The second kappa shape index (κ2) is 6.89. The maximum absolute atomic E-state index is 5.97. The lowest BCUT2D eigenvalue weighted by Crippen LogP contribution is -2.36. The van der Waals surface area contributed by atoms with Crippen molar-refractivity contribution in [3.05, 3.63) is 53.1 Å². The SMILES string of the molecule is Clc1ccc(-c2csc(-c3cnccc3N3CCOCC3)n2)cc1. The average molecular weight is 358 g/mol. The molecule has 0 aliphatic carbocycles. The smallest absolute Gasteiger partial charge is 0.127 e. The number of rotatable bonds is 3. The number of ether oxygens (including phenoxy) is 1. The standard InChI is InChI=1S/C18H16ClN3OS/c19-14-3-1-13(2-4-14)16-12-24-18(21-16)15-11-20-6-5-17(15)22-7-9-23-10-8-22/h1-6,11-12H,7-10H2. The quantitative estimate of drug-likeness (QED) is 0.698. The predicted octanol–water partition coefficient (Wildman–Crippen LogP) is 4.36. The number of hydrogen-bond donors (Lipinski definition) is 0. The molecule has 1 aliphatic heterocycles. The van der Waals surface area contributed by atoms with Gasteiger partial charge in [0, 0.05) is 41.4 Å². The van der Waals surface area contributed by atoms with Gasteiger partial charge in [0.1, 0.15) is 5.01 Å². The summed E-state index contributed by atoms with van der Waals surface area (Å²) in [5, 5.41) is 3.79. The molecule has 2 aromatic heterocycles. The maximum Gasteiger partial charge on any atom is 0.127 e. The molecular formula is C18H16ClN3OS. The first-order valence-electron chi connectivity index (χ1n) is 7.80. The molecule has 0 spiro atoms. The largest absolute Gasteiger partial charge is 0.378 e. The van der Waals surface area contributed by atoms with Crippen LogP contribution in [-0.4, -0.2) is 36.3 Å². The first-order valence-corrected chi connectivity index (χ1v) is 9.05. The van der Waals surface area contributed by atoms with Gasteiger partial charge in [-0.2, -0.15) is 0 Å².